The van der Waals surface area contributed by atoms with Crippen molar-refractivity contribution in [3.05, 3.63) is 0 Å². The Labute approximate surface area is 89.3 Å². The summed E-state index contributed by atoms with van der Waals surface area (Å²) in [7, 11) is 0. The number of carbonyl (C=O) groups is 1. The first-order valence-electron chi connectivity index (χ1n) is 5.20. The number of hydrogen-bond donors (Lipinski definition) is 1. The van der Waals surface area contributed by atoms with Gasteiger partial charge in [0.1, 0.15) is 12.9 Å². The molecule has 5 nitrogen and oxygen atoms in total. The van der Waals surface area contributed by atoms with Crippen molar-refractivity contribution in [2.75, 3.05) is 20.0 Å². The zero-order valence-corrected chi connectivity index (χ0v) is 9.14. The third-order valence-corrected chi connectivity index (χ3v) is 2.41. The SMILES string of the molecule is CCCO[C@@H](C(C)C(=O)O)[C@H]1COCO1. The second kappa shape index (κ2) is 6.05. The van der Waals surface area contributed by atoms with Crippen LogP contribution in [0, 0.1) is 5.92 Å². The van der Waals surface area contributed by atoms with E-state index >= 15 is 0 Å². The van der Waals surface area contributed by atoms with Gasteiger partial charge in [0.25, 0.3) is 0 Å². The van der Waals surface area contributed by atoms with Gasteiger partial charge in [0, 0.05) is 6.61 Å². The van der Waals surface area contributed by atoms with E-state index in [9.17, 15) is 4.79 Å². The number of aliphatic carboxylic acids is 1. The van der Waals surface area contributed by atoms with Crippen molar-refractivity contribution in [3.63, 3.8) is 0 Å². The highest BCUT2D eigenvalue weighted by Crippen LogP contribution is 2.19. The molecule has 0 aromatic heterocycles. The molecule has 1 fully saturated rings. The van der Waals surface area contributed by atoms with Crippen molar-refractivity contribution < 1.29 is 24.1 Å². The van der Waals surface area contributed by atoms with Gasteiger partial charge in [0.05, 0.1) is 18.6 Å². The molecule has 1 saturated heterocycles. The van der Waals surface area contributed by atoms with Gasteiger partial charge in [-0.15, -0.1) is 0 Å². The number of hydrogen-bond acceptors (Lipinski definition) is 4. The average molecular weight is 218 g/mol. The van der Waals surface area contributed by atoms with E-state index in [0.29, 0.717) is 13.2 Å². The van der Waals surface area contributed by atoms with Gasteiger partial charge < -0.3 is 19.3 Å². The Morgan fingerprint density at radius 3 is 2.87 bits per heavy atom. The summed E-state index contributed by atoms with van der Waals surface area (Å²) in [5, 5.41) is 8.94. The van der Waals surface area contributed by atoms with Crippen LogP contribution >= 0.6 is 0 Å². The molecule has 1 N–H and O–H groups in total. The molecule has 1 rings (SSSR count). The molecule has 0 saturated carbocycles. The highest BCUT2D eigenvalue weighted by molar-refractivity contribution is 5.70. The normalized spacial score (nSPS) is 25.1. The molecule has 5 heteroatoms. The molecule has 15 heavy (non-hydrogen) atoms. The van der Waals surface area contributed by atoms with Crippen molar-refractivity contribution in [2.24, 2.45) is 5.92 Å². The zero-order chi connectivity index (χ0) is 11.3. The largest absolute Gasteiger partial charge is 0.481 e. The van der Waals surface area contributed by atoms with Crippen LogP contribution in [-0.4, -0.2) is 43.3 Å². The third kappa shape index (κ3) is 3.44. The Kier molecular flexibility index (Phi) is 5.01. The van der Waals surface area contributed by atoms with Gasteiger partial charge in [0.2, 0.25) is 0 Å². The minimum Gasteiger partial charge on any atom is -0.481 e. The molecule has 3 atom stereocenters. The smallest absolute Gasteiger partial charge is 0.308 e. The van der Waals surface area contributed by atoms with E-state index in [0.717, 1.165) is 6.42 Å². The van der Waals surface area contributed by atoms with Crippen LogP contribution in [0.1, 0.15) is 20.3 Å². The fraction of sp³-hybridized carbons (Fsp3) is 0.900. The predicted molar refractivity (Wildman–Crippen MR) is 52.5 cm³/mol. The lowest BCUT2D eigenvalue weighted by molar-refractivity contribution is -0.151. The predicted octanol–water partition coefficient (Wildman–Crippen LogP) is 0.875. The second-order valence-corrected chi connectivity index (χ2v) is 3.66. The van der Waals surface area contributed by atoms with Crippen LogP contribution in [0.4, 0.5) is 0 Å². The number of carboxylic acid groups (broad SMARTS) is 1. The molecule has 0 spiro atoms. The Morgan fingerprint density at radius 1 is 1.67 bits per heavy atom. The Hall–Kier alpha value is -0.650. The highest BCUT2D eigenvalue weighted by Gasteiger charge is 2.35. The van der Waals surface area contributed by atoms with Crippen LogP contribution in [0.25, 0.3) is 0 Å². The number of carboxylic acids is 1. The van der Waals surface area contributed by atoms with Crippen LogP contribution in [0.15, 0.2) is 0 Å². The third-order valence-electron chi connectivity index (χ3n) is 2.41. The summed E-state index contributed by atoms with van der Waals surface area (Å²) in [6.07, 6.45) is 0.170. The van der Waals surface area contributed by atoms with E-state index in [1.807, 2.05) is 6.92 Å². The molecule has 0 radical (unpaired) electrons. The lowest BCUT2D eigenvalue weighted by atomic mass is 10.00. The maximum absolute atomic E-state index is 10.9. The van der Waals surface area contributed by atoms with Crippen LogP contribution in [0.3, 0.4) is 0 Å². The summed E-state index contributed by atoms with van der Waals surface area (Å²) in [5.74, 6) is -1.45. The van der Waals surface area contributed by atoms with Gasteiger partial charge in [-0.3, -0.25) is 4.79 Å². The monoisotopic (exact) mass is 218 g/mol. The molecule has 0 bridgehead atoms. The second-order valence-electron chi connectivity index (χ2n) is 3.66. The molecule has 0 aromatic rings. The Morgan fingerprint density at radius 2 is 2.40 bits per heavy atom. The van der Waals surface area contributed by atoms with Crippen molar-refractivity contribution in [2.45, 2.75) is 32.5 Å². The van der Waals surface area contributed by atoms with E-state index in [1.165, 1.54) is 0 Å². The first-order valence-corrected chi connectivity index (χ1v) is 5.20. The van der Waals surface area contributed by atoms with Crippen LogP contribution in [-0.2, 0) is 19.0 Å². The molecule has 0 aromatic carbocycles. The first-order chi connectivity index (χ1) is 7.16. The molecule has 0 amide bonds. The maximum atomic E-state index is 10.9. The summed E-state index contributed by atoms with van der Waals surface area (Å²) >= 11 is 0. The summed E-state index contributed by atoms with van der Waals surface area (Å²) < 4.78 is 15.8. The minimum atomic E-state index is -0.869. The van der Waals surface area contributed by atoms with Crippen LogP contribution in [0.5, 0.6) is 0 Å². The summed E-state index contributed by atoms with van der Waals surface area (Å²) in [6, 6.07) is 0. The minimum absolute atomic E-state index is 0.225. The van der Waals surface area contributed by atoms with E-state index in [-0.39, 0.29) is 12.9 Å². The van der Waals surface area contributed by atoms with Gasteiger partial charge in [0.15, 0.2) is 0 Å². The molecule has 1 heterocycles. The van der Waals surface area contributed by atoms with E-state index in [4.69, 9.17) is 19.3 Å². The van der Waals surface area contributed by atoms with Gasteiger partial charge >= 0.3 is 5.97 Å². The average Bonchev–Trinajstić information content (AvgIpc) is 2.71. The fourth-order valence-corrected chi connectivity index (χ4v) is 1.51. The lowest BCUT2D eigenvalue weighted by Crippen LogP contribution is -2.40. The summed E-state index contributed by atoms with van der Waals surface area (Å²) in [4.78, 5) is 10.9. The molecular weight excluding hydrogens is 200 g/mol. The van der Waals surface area contributed by atoms with Crippen molar-refractivity contribution >= 4 is 5.97 Å². The molecule has 1 unspecified atom stereocenters. The van der Waals surface area contributed by atoms with E-state index in [1.54, 1.807) is 6.92 Å². The molecule has 1 aliphatic rings. The number of ether oxygens (including phenoxy) is 3. The lowest BCUT2D eigenvalue weighted by Gasteiger charge is -2.25. The van der Waals surface area contributed by atoms with Crippen LogP contribution < -0.4 is 0 Å². The Balaban J connectivity index is 2.54. The molecule has 0 aliphatic carbocycles. The van der Waals surface area contributed by atoms with Gasteiger partial charge in [-0.05, 0) is 13.3 Å². The van der Waals surface area contributed by atoms with Gasteiger partial charge in [-0.25, -0.2) is 0 Å². The van der Waals surface area contributed by atoms with Gasteiger partial charge in [-0.1, -0.05) is 6.92 Å². The maximum Gasteiger partial charge on any atom is 0.308 e. The van der Waals surface area contributed by atoms with Gasteiger partial charge in [-0.2, -0.15) is 0 Å². The molecule has 1 aliphatic heterocycles. The Bertz CT molecular complexity index is 200. The topological polar surface area (TPSA) is 65.0 Å². The van der Waals surface area contributed by atoms with E-state index in [2.05, 4.69) is 0 Å². The highest BCUT2D eigenvalue weighted by atomic mass is 16.7. The van der Waals surface area contributed by atoms with Crippen molar-refractivity contribution in [1.82, 2.24) is 0 Å². The summed E-state index contributed by atoms with van der Waals surface area (Å²) in [6.45, 7) is 4.79. The first kappa shape index (κ1) is 12.4. The quantitative estimate of drug-likeness (QED) is 0.716. The van der Waals surface area contributed by atoms with Crippen molar-refractivity contribution in [1.29, 1.82) is 0 Å². The van der Waals surface area contributed by atoms with Crippen LogP contribution in [0.2, 0.25) is 0 Å². The van der Waals surface area contributed by atoms with Crippen molar-refractivity contribution in [3.8, 4) is 0 Å². The fourth-order valence-electron chi connectivity index (χ4n) is 1.51. The molecular formula is C10H18O5. The summed E-state index contributed by atoms with van der Waals surface area (Å²) in [5.41, 5.74) is 0. The van der Waals surface area contributed by atoms with E-state index < -0.39 is 18.0 Å². The zero-order valence-electron chi connectivity index (χ0n) is 9.14. The number of rotatable bonds is 6. The molecule has 88 valence electrons. The standard InChI is InChI=1S/C10H18O5/c1-3-4-14-9(7(2)10(11)12)8-5-13-6-15-8/h7-9H,3-6H2,1-2H3,(H,11,12)/t7?,8-,9+/m1/s1.